The summed E-state index contributed by atoms with van der Waals surface area (Å²) < 4.78 is 10.8. The molecule has 2 heterocycles. The molecule has 2 aliphatic rings. The van der Waals surface area contributed by atoms with Crippen LogP contribution in [0.15, 0.2) is 36.4 Å². The van der Waals surface area contributed by atoms with Crippen molar-refractivity contribution in [3.8, 4) is 17.2 Å². The van der Waals surface area contributed by atoms with Crippen LogP contribution in [0.1, 0.15) is 22.7 Å². The van der Waals surface area contributed by atoms with Crippen LogP contribution in [-0.2, 0) is 12.8 Å². The molecule has 2 aromatic carbocycles. The molecule has 21 heavy (non-hydrogen) atoms. The van der Waals surface area contributed by atoms with E-state index in [1.165, 1.54) is 16.7 Å². The second-order valence-corrected chi connectivity index (χ2v) is 5.53. The number of hydrogen-bond acceptors (Lipinski definition) is 4. The van der Waals surface area contributed by atoms with E-state index < -0.39 is 0 Å². The highest BCUT2D eigenvalue weighted by Gasteiger charge is 2.21. The zero-order chi connectivity index (χ0) is 14.2. The van der Waals surface area contributed by atoms with Crippen molar-refractivity contribution in [1.82, 2.24) is 5.32 Å². The molecule has 0 spiro atoms. The van der Waals surface area contributed by atoms with Crippen molar-refractivity contribution in [2.45, 2.75) is 18.9 Å². The van der Waals surface area contributed by atoms with Crippen LogP contribution in [0.5, 0.6) is 17.2 Å². The van der Waals surface area contributed by atoms with Gasteiger partial charge in [0, 0.05) is 6.04 Å². The molecule has 1 unspecified atom stereocenters. The Labute approximate surface area is 123 Å². The summed E-state index contributed by atoms with van der Waals surface area (Å²) in [6.07, 6.45) is 1.86. The maximum atomic E-state index is 9.62. The number of benzene rings is 2. The lowest BCUT2D eigenvalue weighted by molar-refractivity contribution is 0.174. The van der Waals surface area contributed by atoms with E-state index in [0.29, 0.717) is 12.5 Å². The molecular formula is C17H17NO3. The Bertz CT molecular complexity index is 684. The number of phenols is 1. The molecule has 0 aliphatic carbocycles. The minimum atomic E-state index is 0.273. The molecule has 4 nitrogen and oxygen atoms in total. The first kappa shape index (κ1) is 12.5. The highest BCUT2D eigenvalue weighted by molar-refractivity contribution is 5.45. The molecule has 0 aromatic heterocycles. The molecule has 4 heteroatoms. The maximum Gasteiger partial charge on any atom is 0.231 e. The SMILES string of the molecule is Oc1ccc2c(c1)CCNC2Cc1ccc2c(c1)OCO2. The van der Waals surface area contributed by atoms with Crippen molar-refractivity contribution in [2.24, 2.45) is 0 Å². The molecule has 0 fully saturated rings. The lowest BCUT2D eigenvalue weighted by Gasteiger charge is -2.27. The predicted octanol–water partition coefficient (Wildman–Crippen LogP) is 2.55. The minimum Gasteiger partial charge on any atom is -0.508 e. The van der Waals surface area contributed by atoms with Gasteiger partial charge in [0.25, 0.3) is 0 Å². The Morgan fingerprint density at radius 1 is 1.10 bits per heavy atom. The van der Waals surface area contributed by atoms with E-state index in [0.717, 1.165) is 30.9 Å². The number of fused-ring (bicyclic) bond motifs is 2. The monoisotopic (exact) mass is 283 g/mol. The van der Waals surface area contributed by atoms with Gasteiger partial charge < -0.3 is 19.9 Å². The first-order valence-corrected chi connectivity index (χ1v) is 7.23. The third kappa shape index (κ3) is 2.32. The Morgan fingerprint density at radius 2 is 2.00 bits per heavy atom. The number of nitrogens with one attached hydrogen (secondary N) is 1. The molecule has 1 atom stereocenters. The van der Waals surface area contributed by atoms with Gasteiger partial charge in [-0.25, -0.2) is 0 Å². The Balaban J connectivity index is 1.61. The topological polar surface area (TPSA) is 50.7 Å². The zero-order valence-electron chi connectivity index (χ0n) is 11.6. The smallest absolute Gasteiger partial charge is 0.231 e. The number of hydrogen-bond donors (Lipinski definition) is 2. The van der Waals surface area contributed by atoms with Crippen molar-refractivity contribution in [1.29, 1.82) is 0 Å². The van der Waals surface area contributed by atoms with Crippen LogP contribution < -0.4 is 14.8 Å². The van der Waals surface area contributed by atoms with E-state index in [1.807, 2.05) is 18.2 Å². The molecule has 0 bridgehead atoms. The van der Waals surface area contributed by atoms with Crippen molar-refractivity contribution in [2.75, 3.05) is 13.3 Å². The molecule has 2 N–H and O–H groups in total. The van der Waals surface area contributed by atoms with Crippen LogP contribution in [0.2, 0.25) is 0 Å². The van der Waals surface area contributed by atoms with E-state index >= 15 is 0 Å². The lowest BCUT2D eigenvalue weighted by atomic mass is 9.90. The molecule has 4 rings (SSSR count). The molecule has 0 saturated heterocycles. The average molecular weight is 283 g/mol. The van der Waals surface area contributed by atoms with Gasteiger partial charge in [-0.1, -0.05) is 12.1 Å². The normalized spacial score (nSPS) is 19.3. The van der Waals surface area contributed by atoms with E-state index in [-0.39, 0.29) is 6.04 Å². The van der Waals surface area contributed by atoms with Crippen molar-refractivity contribution in [3.63, 3.8) is 0 Å². The van der Waals surface area contributed by atoms with Gasteiger partial charge in [-0.05, 0) is 60.3 Å². The first-order valence-electron chi connectivity index (χ1n) is 7.23. The fourth-order valence-electron chi connectivity index (χ4n) is 3.13. The van der Waals surface area contributed by atoms with E-state index in [4.69, 9.17) is 9.47 Å². The fraction of sp³-hybridized carbons (Fsp3) is 0.294. The van der Waals surface area contributed by atoms with Crippen LogP contribution in [-0.4, -0.2) is 18.4 Å². The largest absolute Gasteiger partial charge is 0.508 e. The molecule has 0 amide bonds. The second kappa shape index (κ2) is 4.97. The maximum absolute atomic E-state index is 9.62. The zero-order valence-corrected chi connectivity index (χ0v) is 11.6. The van der Waals surface area contributed by atoms with Crippen LogP contribution in [0.3, 0.4) is 0 Å². The summed E-state index contributed by atoms with van der Waals surface area (Å²) in [4.78, 5) is 0. The average Bonchev–Trinajstić information content (AvgIpc) is 2.95. The number of phenolic OH excluding ortho intramolecular Hbond substituents is 1. The molecular weight excluding hydrogens is 266 g/mol. The van der Waals surface area contributed by atoms with Gasteiger partial charge in [0.2, 0.25) is 6.79 Å². The molecule has 0 radical (unpaired) electrons. The number of ether oxygens (including phenoxy) is 2. The summed E-state index contributed by atoms with van der Waals surface area (Å²) in [5.74, 6) is 1.99. The van der Waals surface area contributed by atoms with Gasteiger partial charge in [0.15, 0.2) is 11.5 Å². The molecule has 2 aromatic rings. The molecule has 0 saturated carbocycles. The van der Waals surface area contributed by atoms with E-state index in [2.05, 4.69) is 17.4 Å². The summed E-state index contributed by atoms with van der Waals surface area (Å²) in [6, 6.07) is 12.0. The number of rotatable bonds is 2. The number of aromatic hydroxyl groups is 1. The van der Waals surface area contributed by atoms with Crippen LogP contribution in [0.4, 0.5) is 0 Å². The first-order chi connectivity index (χ1) is 10.3. The van der Waals surface area contributed by atoms with Crippen molar-refractivity contribution >= 4 is 0 Å². The molecule has 2 aliphatic heterocycles. The van der Waals surface area contributed by atoms with E-state index in [1.54, 1.807) is 6.07 Å². The summed E-state index contributed by atoms with van der Waals surface area (Å²) in [5.41, 5.74) is 3.73. The van der Waals surface area contributed by atoms with Gasteiger partial charge >= 0.3 is 0 Å². The Hall–Kier alpha value is -2.20. The summed E-state index contributed by atoms with van der Waals surface area (Å²) in [5, 5.41) is 13.2. The standard InChI is InChI=1S/C17H17NO3/c19-13-2-3-14-12(9-13)5-6-18-15(14)7-11-1-4-16-17(8-11)21-10-20-16/h1-4,8-9,15,18-19H,5-7,10H2. The van der Waals surface area contributed by atoms with Gasteiger partial charge in [0.1, 0.15) is 5.75 Å². The Morgan fingerprint density at radius 3 is 2.95 bits per heavy atom. The van der Waals surface area contributed by atoms with Gasteiger partial charge in [0.05, 0.1) is 0 Å². The Kier molecular flexibility index (Phi) is 2.97. The van der Waals surface area contributed by atoms with Crippen molar-refractivity contribution in [3.05, 3.63) is 53.1 Å². The predicted molar refractivity (Wildman–Crippen MR) is 78.8 cm³/mol. The fourth-order valence-corrected chi connectivity index (χ4v) is 3.13. The third-order valence-electron chi connectivity index (χ3n) is 4.16. The highest BCUT2D eigenvalue weighted by Crippen LogP contribution is 2.35. The lowest BCUT2D eigenvalue weighted by Crippen LogP contribution is -2.31. The van der Waals surface area contributed by atoms with Gasteiger partial charge in [-0.3, -0.25) is 0 Å². The van der Waals surface area contributed by atoms with Crippen LogP contribution in [0, 0.1) is 0 Å². The summed E-state index contributed by atoms with van der Waals surface area (Å²) >= 11 is 0. The van der Waals surface area contributed by atoms with E-state index in [9.17, 15) is 5.11 Å². The highest BCUT2D eigenvalue weighted by atomic mass is 16.7. The summed E-state index contributed by atoms with van der Waals surface area (Å²) in [7, 11) is 0. The van der Waals surface area contributed by atoms with Gasteiger partial charge in [-0.15, -0.1) is 0 Å². The van der Waals surface area contributed by atoms with Crippen molar-refractivity contribution < 1.29 is 14.6 Å². The second-order valence-electron chi connectivity index (χ2n) is 5.53. The minimum absolute atomic E-state index is 0.273. The van der Waals surface area contributed by atoms with Crippen LogP contribution >= 0.6 is 0 Å². The molecule has 108 valence electrons. The van der Waals surface area contributed by atoms with Gasteiger partial charge in [-0.2, -0.15) is 0 Å². The quantitative estimate of drug-likeness (QED) is 0.889. The van der Waals surface area contributed by atoms with Crippen LogP contribution in [0.25, 0.3) is 0 Å². The third-order valence-corrected chi connectivity index (χ3v) is 4.16. The summed E-state index contributed by atoms with van der Waals surface area (Å²) in [6.45, 7) is 1.24.